The summed E-state index contributed by atoms with van der Waals surface area (Å²) < 4.78 is 16.1. The van der Waals surface area contributed by atoms with Gasteiger partial charge in [0.1, 0.15) is 54.9 Å². The van der Waals surface area contributed by atoms with Gasteiger partial charge in [0.05, 0.1) is 6.61 Å². The van der Waals surface area contributed by atoms with E-state index in [2.05, 4.69) is 6.92 Å². The summed E-state index contributed by atoms with van der Waals surface area (Å²) in [6.45, 7) is 1.47. The summed E-state index contributed by atoms with van der Waals surface area (Å²) in [5.41, 5.74) is 0. The summed E-state index contributed by atoms with van der Waals surface area (Å²) in [7, 11) is 0. The second-order valence-corrected chi connectivity index (χ2v) is 10.5. The highest BCUT2D eigenvalue weighted by atomic mass is 16.7. The Morgan fingerprint density at radius 3 is 1.63 bits per heavy atom. The lowest BCUT2D eigenvalue weighted by atomic mass is 9.84. The molecule has 12 heteroatoms. The van der Waals surface area contributed by atoms with E-state index in [1.165, 1.54) is 38.5 Å². The Bertz CT molecular complexity index is 664. The highest BCUT2D eigenvalue weighted by Crippen LogP contribution is 2.31. The van der Waals surface area contributed by atoms with Crippen LogP contribution in [0.25, 0.3) is 0 Å². The fourth-order valence-corrected chi connectivity index (χ4v) is 4.96. The number of rotatable bonds is 16. The van der Waals surface area contributed by atoms with Gasteiger partial charge in [-0.1, -0.05) is 71.1 Å². The molecular formula is C26H48O12. The molecule has 0 aromatic heterocycles. The van der Waals surface area contributed by atoms with E-state index in [4.69, 9.17) is 14.2 Å². The fourth-order valence-electron chi connectivity index (χ4n) is 4.96. The van der Waals surface area contributed by atoms with Crippen LogP contribution >= 0.6 is 0 Å². The Morgan fingerprint density at radius 1 is 0.632 bits per heavy atom. The van der Waals surface area contributed by atoms with Gasteiger partial charge in [-0.2, -0.15) is 0 Å². The molecule has 0 radical (unpaired) electrons. The lowest BCUT2D eigenvalue weighted by molar-refractivity contribution is -0.340. The summed E-state index contributed by atoms with van der Waals surface area (Å²) in [6, 6.07) is 0. The van der Waals surface area contributed by atoms with Gasteiger partial charge < -0.3 is 55.1 Å². The number of aliphatic hydroxyl groups excluding tert-OH is 8. The molecule has 2 aliphatic rings. The van der Waals surface area contributed by atoms with Gasteiger partial charge in [-0.3, -0.25) is 4.79 Å². The molecule has 1 heterocycles. The highest BCUT2D eigenvalue weighted by molar-refractivity contribution is 5.69. The Balaban J connectivity index is 1.86. The number of aliphatic hydroxyl groups is 8. The quantitative estimate of drug-likeness (QED) is 0.0878. The second-order valence-electron chi connectivity index (χ2n) is 10.5. The van der Waals surface area contributed by atoms with Crippen molar-refractivity contribution in [3.63, 3.8) is 0 Å². The van der Waals surface area contributed by atoms with Crippen LogP contribution in [0.2, 0.25) is 0 Å². The summed E-state index contributed by atoms with van der Waals surface area (Å²) in [5, 5.41) is 80.8. The van der Waals surface area contributed by atoms with Crippen LogP contribution in [0.1, 0.15) is 84.0 Å². The minimum Gasteiger partial charge on any atom is -0.457 e. The molecule has 0 bridgehead atoms. The maximum absolute atomic E-state index is 12.5. The minimum absolute atomic E-state index is 0.0295. The first-order chi connectivity index (χ1) is 18.1. The van der Waals surface area contributed by atoms with Crippen molar-refractivity contribution in [2.45, 2.75) is 151 Å². The molecule has 2 rings (SSSR count). The molecule has 1 aliphatic heterocycles. The van der Waals surface area contributed by atoms with Crippen molar-refractivity contribution in [3.05, 3.63) is 0 Å². The zero-order chi connectivity index (χ0) is 28.2. The number of esters is 1. The zero-order valence-corrected chi connectivity index (χ0v) is 22.3. The number of hydrogen-bond donors (Lipinski definition) is 8. The predicted octanol–water partition coefficient (Wildman–Crippen LogP) is -0.758. The van der Waals surface area contributed by atoms with Crippen molar-refractivity contribution < 1.29 is 59.9 Å². The van der Waals surface area contributed by atoms with E-state index in [1.807, 2.05) is 0 Å². The third-order valence-electron chi connectivity index (χ3n) is 7.44. The van der Waals surface area contributed by atoms with E-state index in [9.17, 15) is 45.6 Å². The molecule has 12 nitrogen and oxygen atoms in total. The third kappa shape index (κ3) is 9.33. The lowest BCUT2D eigenvalue weighted by Crippen LogP contribution is -2.67. The van der Waals surface area contributed by atoms with E-state index in [1.54, 1.807) is 0 Å². The van der Waals surface area contributed by atoms with Gasteiger partial charge in [-0.25, -0.2) is 0 Å². The van der Waals surface area contributed by atoms with Crippen LogP contribution in [0.3, 0.4) is 0 Å². The Hall–Kier alpha value is -0.930. The number of ether oxygens (including phenoxy) is 3. The molecule has 0 unspecified atom stereocenters. The van der Waals surface area contributed by atoms with E-state index >= 15 is 0 Å². The lowest BCUT2D eigenvalue weighted by Gasteiger charge is -2.46. The van der Waals surface area contributed by atoms with Crippen LogP contribution in [0.4, 0.5) is 0 Å². The third-order valence-corrected chi connectivity index (χ3v) is 7.44. The SMILES string of the molecule is CCCCCCCCCCCCCC(=O)O[C@@H]1[C@H](O)[C@@H](O)[C@H](O)[C@@H](O)[C@@H]1O[C@@H]1O[C@H](CO)[C@@H](O)[C@H](O)[C@@H]1O. The molecule has 2 fully saturated rings. The van der Waals surface area contributed by atoms with Crippen LogP contribution < -0.4 is 0 Å². The maximum Gasteiger partial charge on any atom is 0.306 e. The molecule has 1 aliphatic carbocycles. The van der Waals surface area contributed by atoms with Gasteiger partial charge in [-0.05, 0) is 6.42 Å². The van der Waals surface area contributed by atoms with Crippen LogP contribution in [0.5, 0.6) is 0 Å². The largest absolute Gasteiger partial charge is 0.457 e. The molecule has 38 heavy (non-hydrogen) atoms. The van der Waals surface area contributed by atoms with Crippen molar-refractivity contribution in [3.8, 4) is 0 Å². The Kier molecular flexibility index (Phi) is 14.9. The standard InChI is InChI=1S/C26H48O12/c1-2-3-4-5-6-7-8-9-10-11-12-13-16(28)37-24-21(33)19(31)20(32)22(34)25(24)38-26-23(35)18(30)17(29)15(14-27)36-26/h15,17-27,29-35H,2-14H2,1H3/t15-,17-,18+,19+,20+,21-,22-,23+,24-,25+,26+/m1/s1. The molecule has 0 spiro atoms. The highest BCUT2D eigenvalue weighted by Gasteiger charge is 2.54. The molecular weight excluding hydrogens is 504 g/mol. The van der Waals surface area contributed by atoms with Crippen LogP contribution in [0, 0.1) is 0 Å². The number of hydrogen-bond acceptors (Lipinski definition) is 12. The van der Waals surface area contributed by atoms with E-state index in [0.29, 0.717) is 6.42 Å². The zero-order valence-electron chi connectivity index (χ0n) is 22.3. The predicted molar refractivity (Wildman–Crippen MR) is 134 cm³/mol. The number of carbonyl (C=O) groups excluding carboxylic acids is 1. The van der Waals surface area contributed by atoms with Crippen molar-refractivity contribution >= 4 is 5.97 Å². The average molecular weight is 553 g/mol. The fraction of sp³-hybridized carbons (Fsp3) is 0.962. The van der Waals surface area contributed by atoms with Crippen molar-refractivity contribution in [2.24, 2.45) is 0 Å². The molecule has 0 aromatic rings. The van der Waals surface area contributed by atoms with E-state index < -0.39 is 79.9 Å². The summed E-state index contributed by atoms with van der Waals surface area (Å²) in [6.07, 6.45) is -6.84. The summed E-state index contributed by atoms with van der Waals surface area (Å²) in [5.74, 6) is -0.705. The maximum atomic E-state index is 12.5. The molecule has 0 amide bonds. The topological polar surface area (TPSA) is 207 Å². The van der Waals surface area contributed by atoms with Crippen LogP contribution in [-0.2, 0) is 19.0 Å². The Labute approximate surface area is 224 Å². The minimum atomic E-state index is -1.87. The van der Waals surface area contributed by atoms with Crippen molar-refractivity contribution in [1.29, 1.82) is 0 Å². The van der Waals surface area contributed by atoms with Gasteiger partial charge in [0, 0.05) is 6.42 Å². The Morgan fingerprint density at radius 2 is 1.11 bits per heavy atom. The molecule has 11 atom stereocenters. The second kappa shape index (κ2) is 17.0. The first-order valence-corrected chi connectivity index (χ1v) is 14.0. The number of carbonyl (C=O) groups is 1. The van der Waals surface area contributed by atoms with Gasteiger partial charge in [-0.15, -0.1) is 0 Å². The smallest absolute Gasteiger partial charge is 0.306 e. The van der Waals surface area contributed by atoms with Gasteiger partial charge in [0.15, 0.2) is 12.4 Å². The van der Waals surface area contributed by atoms with Gasteiger partial charge in [0.25, 0.3) is 0 Å². The average Bonchev–Trinajstić information content (AvgIpc) is 2.91. The van der Waals surface area contributed by atoms with E-state index in [0.717, 1.165) is 25.7 Å². The molecule has 1 saturated carbocycles. The van der Waals surface area contributed by atoms with Crippen molar-refractivity contribution in [2.75, 3.05) is 6.61 Å². The van der Waals surface area contributed by atoms with Crippen LogP contribution in [0.15, 0.2) is 0 Å². The number of unbranched alkanes of at least 4 members (excludes halogenated alkanes) is 10. The monoisotopic (exact) mass is 552 g/mol. The van der Waals surface area contributed by atoms with Crippen LogP contribution in [-0.4, -0.2) is 121 Å². The van der Waals surface area contributed by atoms with Gasteiger partial charge in [0.2, 0.25) is 0 Å². The van der Waals surface area contributed by atoms with Crippen molar-refractivity contribution in [1.82, 2.24) is 0 Å². The normalized spacial score (nSPS) is 37.8. The first-order valence-electron chi connectivity index (χ1n) is 14.0. The summed E-state index contributed by atoms with van der Waals surface area (Å²) in [4.78, 5) is 12.5. The van der Waals surface area contributed by atoms with Gasteiger partial charge >= 0.3 is 5.97 Å². The molecule has 224 valence electrons. The first kappa shape index (κ1) is 33.3. The molecule has 0 aromatic carbocycles. The summed E-state index contributed by atoms with van der Waals surface area (Å²) >= 11 is 0. The molecule has 1 saturated heterocycles. The molecule has 8 N–H and O–H groups in total. The van der Waals surface area contributed by atoms with E-state index in [-0.39, 0.29) is 6.42 Å².